The lowest BCUT2D eigenvalue weighted by molar-refractivity contribution is -0.137. The van der Waals surface area contributed by atoms with Crippen molar-refractivity contribution in [3.63, 3.8) is 0 Å². The number of aromatic nitrogens is 5. The molecule has 2 aromatic carbocycles. The maximum atomic E-state index is 13.6. The molecule has 0 unspecified atom stereocenters. The Morgan fingerprint density at radius 3 is 2.42 bits per heavy atom. The Bertz CT molecular complexity index is 1610. The number of hydrogen-bond acceptors (Lipinski definition) is 4. The van der Waals surface area contributed by atoms with E-state index in [0.29, 0.717) is 17.5 Å². The fraction of sp³-hybridized carbons (Fsp3) is 0.217. The van der Waals surface area contributed by atoms with Crippen molar-refractivity contribution < 1.29 is 13.2 Å². The van der Waals surface area contributed by atoms with E-state index in [9.17, 15) is 18.0 Å². The van der Waals surface area contributed by atoms with E-state index in [2.05, 4.69) is 15.0 Å². The topological polar surface area (TPSA) is 65.6 Å². The van der Waals surface area contributed by atoms with E-state index in [1.807, 2.05) is 13.8 Å². The third kappa shape index (κ3) is 3.34. The van der Waals surface area contributed by atoms with Crippen molar-refractivity contribution >= 4 is 44.8 Å². The van der Waals surface area contributed by atoms with Crippen LogP contribution in [0.2, 0.25) is 5.02 Å². The van der Waals surface area contributed by atoms with Crippen molar-refractivity contribution in [2.75, 3.05) is 0 Å². The maximum absolute atomic E-state index is 13.6. The first-order valence-corrected chi connectivity index (χ1v) is 10.6. The van der Waals surface area contributed by atoms with Crippen molar-refractivity contribution in [3.8, 4) is 5.69 Å². The zero-order chi connectivity index (χ0) is 23.5. The molecule has 10 heteroatoms. The lowest BCUT2D eigenvalue weighted by atomic mass is 10.2. The molecule has 0 radical (unpaired) electrons. The van der Waals surface area contributed by atoms with Crippen LogP contribution < -0.4 is 5.56 Å². The van der Waals surface area contributed by atoms with Crippen LogP contribution in [0, 0.1) is 0 Å². The molecule has 0 aliphatic carbocycles. The fourth-order valence-electron chi connectivity index (χ4n) is 3.87. The van der Waals surface area contributed by atoms with Crippen molar-refractivity contribution in [2.24, 2.45) is 0 Å². The van der Waals surface area contributed by atoms with E-state index in [4.69, 9.17) is 11.6 Å². The van der Waals surface area contributed by atoms with Crippen LogP contribution in [0.5, 0.6) is 0 Å². The molecule has 3 heterocycles. The Hall–Kier alpha value is -3.46. The van der Waals surface area contributed by atoms with Crippen LogP contribution in [0.1, 0.15) is 31.9 Å². The summed E-state index contributed by atoms with van der Waals surface area (Å²) in [4.78, 5) is 27.2. The van der Waals surface area contributed by atoms with Gasteiger partial charge in [-0.1, -0.05) is 30.7 Å². The number of alkyl halides is 3. The van der Waals surface area contributed by atoms with Gasteiger partial charge in [0.1, 0.15) is 17.2 Å². The number of rotatable bonds is 3. The van der Waals surface area contributed by atoms with Crippen LogP contribution in [0.3, 0.4) is 0 Å². The monoisotopic (exact) mass is 471 g/mol. The number of fused-ring (bicyclic) bond motifs is 4. The summed E-state index contributed by atoms with van der Waals surface area (Å²) < 4.78 is 43.6. The predicted octanol–water partition coefficient (Wildman–Crippen LogP) is 5.93. The average molecular weight is 472 g/mol. The van der Waals surface area contributed by atoms with Gasteiger partial charge in [0.2, 0.25) is 0 Å². The fourth-order valence-corrected chi connectivity index (χ4v) is 4.10. The van der Waals surface area contributed by atoms with Gasteiger partial charge in [-0.05, 0) is 43.7 Å². The highest BCUT2D eigenvalue weighted by Gasteiger charge is 2.34. The molecule has 0 amide bonds. The lowest BCUT2D eigenvalue weighted by Crippen LogP contribution is -2.23. The standard InChI is InChI=1S/C23H17ClF3N5O/c1-3-12(2)31-11-28-20-18(22(31)33)19-21(30-17-7-5-4-6-16(17)29-19)32(20)13-8-9-15(24)14(10-13)23(25,26)27/h4-12H,3H2,1-2H3/t12-/m0/s1. The van der Waals surface area contributed by atoms with Gasteiger partial charge in [-0.25, -0.2) is 15.0 Å². The van der Waals surface area contributed by atoms with Gasteiger partial charge < -0.3 is 0 Å². The molecular weight excluding hydrogens is 455 g/mol. The summed E-state index contributed by atoms with van der Waals surface area (Å²) in [6.07, 6.45) is -2.54. The molecular formula is C23H17ClF3N5O. The Labute approximate surface area is 190 Å². The van der Waals surface area contributed by atoms with E-state index in [1.165, 1.54) is 27.6 Å². The summed E-state index contributed by atoms with van der Waals surface area (Å²) in [7, 11) is 0. The molecule has 0 saturated heterocycles. The minimum Gasteiger partial charge on any atom is -0.296 e. The lowest BCUT2D eigenvalue weighted by Gasteiger charge is -2.14. The zero-order valence-corrected chi connectivity index (χ0v) is 18.3. The van der Waals surface area contributed by atoms with E-state index in [1.54, 1.807) is 24.3 Å². The van der Waals surface area contributed by atoms with Crippen LogP contribution in [0.4, 0.5) is 13.2 Å². The molecule has 33 heavy (non-hydrogen) atoms. The van der Waals surface area contributed by atoms with E-state index < -0.39 is 16.8 Å². The molecule has 0 fully saturated rings. The van der Waals surface area contributed by atoms with Gasteiger partial charge in [-0.2, -0.15) is 13.2 Å². The molecule has 0 saturated carbocycles. The molecule has 0 spiro atoms. The highest BCUT2D eigenvalue weighted by molar-refractivity contribution is 6.31. The van der Waals surface area contributed by atoms with Gasteiger partial charge in [0.15, 0.2) is 11.3 Å². The van der Waals surface area contributed by atoms with Crippen molar-refractivity contribution in [1.29, 1.82) is 0 Å². The molecule has 0 bridgehead atoms. The first-order valence-electron chi connectivity index (χ1n) is 10.3. The summed E-state index contributed by atoms with van der Waals surface area (Å²) in [5, 5.41) is -0.217. The van der Waals surface area contributed by atoms with Crippen LogP contribution in [0.25, 0.3) is 38.9 Å². The third-order valence-corrected chi connectivity index (χ3v) is 6.10. The molecule has 0 N–H and O–H groups in total. The predicted molar refractivity (Wildman–Crippen MR) is 121 cm³/mol. The smallest absolute Gasteiger partial charge is 0.296 e. The Balaban J connectivity index is 1.95. The van der Waals surface area contributed by atoms with E-state index in [0.717, 1.165) is 6.07 Å². The Morgan fingerprint density at radius 1 is 1.06 bits per heavy atom. The maximum Gasteiger partial charge on any atom is 0.417 e. The summed E-state index contributed by atoms with van der Waals surface area (Å²) >= 11 is 5.83. The van der Waals surface area contributed by atoms with Crippen molar-refractivity contribution in [1.82, 2.24) is 24.1 Å². The van der Waals surface area contributed by atoms with Crippen LogP contribution in [0.15, 0.2) is 53.6 Å². The molecule has 168 valence electrons. The van der Waals surface area contributed by atoms with Crippen LogP contribution in [-0.4, -0.2) is 24.1 Å². The number of nitrogens with zero attached hydrogens (tertiary/aromatic N) is 5. The van der Waals surface area contributed by atoms with Crippen LogP contribution in [-0.2, 0) is 6.18 Å². The summed E-state index contributed by atoms with van der Waals surface area (Å²) in [6, 6.07) is 10.5. The van der Waals surface area contributed by atoms with E-state index in [-0.39, 0.29) is 39.5 Å². The van der Waals surface area contributed by atoms with Gasteiger partial charge in [-0.3, -0.25) is 13.9 Å². The SMILES string of the molecule is CC[C@H](C)n1cnc2c(c1=O)c1nc3ccccc3nc1n2-c1ccc(Cl)c(C(F)(F)F)c1. The molecule has 0 aliphatic heterocycles. The first-order chi connectivity index (χ1) is 15.7. The summed E-state index contributed by atoms with van der Waals surface area (Å²) in [6.45, 7) is 3.84. The molecule has 5 aromatic rings. The van der Waals surface area contributed by atoms with Gasteiger partial charge in [0.25, 0.3) is 5.56 Å². The van der Waals surface area contributed by atoms with E-state index >= 15 is 0 Å². The highest BCUT2D eigenvalue weighted by atomic mass is 35.5. The Kier molecular flexibility index (Phi) is 4.89. The normalized spacial score (nSPS) is 13.3. The summed E-state index contributed by atoms with van der Waals surface area (Å²) in [5.74, 6) is 0. The number of halogens is 4. The second kappa shape index (κ2) is 7.55. The largest absolute Gasteiger partial charge is 0.417 e. The number of para-hydroxylation sites is 2. The second-order valence-corrected chi connectivity index (χ2v) is 8.20. The zero-order valence-electron chi connectivity index (χ0n) is 17.6. The van der Waals surface area contributed by atoms with Gasteiger partial charge in [-0.15, -0.1) is 0 Å². The van der Waals surface area contributed by atoms with Gasteiger partial charge in [0, 0.05) is 11.7 Å². The molecule has 5 rings (SSSR count). The first kappa shape index (κ1) is 21.4. The quantitative estimate of drug-likeness (QED) is 0.327. The molecule has 1 atom stereocenters. The van der Waals surface area contributed by atoms with Gasteiger partial charge in [0.05, 0.1) is 21.6 Å². The second-order valence-electron chi connectivity index (χ2n) is 7.79. The molecule has 6 nitrogen and oxygen atoms in total. The van der Waals surface area contributed by atoms with Gasteiger partial charge >= 0.3 is 6.18 Å². The highest BCUT2D eigenvalue weighted by Crippen LogP contribution is 2.37. The molecule has 3 aromatic heterocycles. The number of benzene rings is 2. The summed E-state index contributed by atoms with van der Waals surface area (Å²) in [5.41, 5.74) is 0.625. The minimum absolute atomic E-state index is 0.117. The molecule has 0 aliphatic rings. The minimum atomic E-state index is -4.65. The van der Waals surface area contributed by atoms with Crippen molar-refractivity contribution in [3.05, 3.63) is 69.7 Å². The average Bonchev–Trinajstić information content (AvgIpc) is 3.10. The van der Waals surface area contributed by atoms with Crippen LogP contribution >= 0.6 is 11.6 Å². The van der Waals surface area contributed by atoms with Crippen molar-refractivity contribution in [2.45, 2.75) is 32.5 Å². The Morgan fingerprint density at radius 2 is 1.76 bits per heavy atom. The third-order valence-electron chi connectivity index (χ3n) is 5.77. The number of hydrogen-bond donors (Lipinski definition) is 0.